The van der Waals surface area contributed by atoms with E-state index in [-0.39, 0.29) is 29.8 Å². The van der Waals surface area contributed by atoms with Crippen molar-refractivity contribution in [3.8, 4) is 0 Å². The summed E-state index contributed by atoms with van der Waals surface area (Å²) in [5.41, 5.74) is -1.71. The minimum absolute atomic E-state index is 0.0995. The maximum Gasteiger partial charge on any atom is 0.246 e. The van der Waals surface area contributed by atoms with Gasteiger partial charge >= 0.3 is 0 Å². The van der Waals surface area contributed by atoms with Crippen LogP contribution in [-0.2, 0) is 19.1 Å². The zero-order chi connectivity index (χ0) is 25.8. The molecule has 1 aromatic rings. The summed E-state index contributed by atoms with van der Waals surface area (Å²) in [5.74, 6) is -2.36. The number of fused-ring (bicyclic) bond motifs is 1. The van der Waals surface area contributed by atoms with Gasteiger partial charge in [-0.3, -0.25) is 14.4 Å². The Labute approximate surface area is 221 Å². The van der Waals surface area contributed by atoms with Gasteiger partial charge < -0.3 is 20.3 Å². The van der Waals surface area contributed by atoms with E-state index in [2.05, 4.69) is 10.6 Å². The Morgan fingerprint density at radius 2 is 1.86 bits per heavy atom. The van der Waals surface area contributed by atoms with Crippen LogP contribution >= 0.6 is 23.2 Å². The zero-order valence-corrected chi connectivity index (χ0v) is 22.4. The highest BCUT2D eigenvalue weighted by atomic mass is 35.5. The smallest absolute Gasteiger partial charge is 0.246 e. The van der Waals surface area contributed by atoms with E-state index in [1.807, 2.05) is 32.9 Å². The Balaban J connectivity index is 1.48. The molecule has 1 aromatic carbocycles. The van der Waals surface area contributed by atoms with Gasteiger partial charge in [0.2, 0.25) is 17.7 Å². The van der Waals surface area contributed by atoms with E-state index in [1.165, 1.54) is 6.42 Å². The molecule has 1 aliphatic carbocycles. The molecule has 0 radical (unpaired) electrons. The summed E-state index contributed by atoms with van der Waals surface area (Å²) in [7, 11) is 0. The normalized spacial score (nSPS) is 34.1. The Morgan fingerprint density at radius 3 is 2.53 bits per heavy atom. The summed E-state index contributed by atoms with van der Waals surface area (Å²) < 4.78 is 6.56. The third-order valence-electron chi connectivity index (χ3n) is 8.47. The van der Waals surface area contributed by atoms with Crippen molar-refractivity contribution in [1.82, 2.24) is 10.2 Å². The van der Waals surface area contributed by atoms with E-state index in [0.717, 1.165) is 25.7 Å². The van der Waals surface area contributed by atoms with Crippen LogP contribution in [-0.4, -0.2) is 51.9 Å². The number of benzene rings is 1. The molecule has 2 saturated heterocycles. The van der Waals surface area contributed by atoms with Gasteiger partial charge in [0.15, 0.2) is 0 Å². The van der Waals surface area contributed by atoms with Crippen molar-refractivity contribution in [2.24, 2.45) is 11.8 Å². The molecule has 3 amide bonds. The lowest BCUT2D eigenvalue weighted by atomic mass is 9.70. The van der Waals surface area contributed by atoms with Gasteiger partial charge in [-0.1, -0.05) is 61.5 Å². The van der Waals surface area contributed by atoms with E-state index in [0.29, 0.717) is 22.2 Å². The third kappa shape index (κ3) is 3.95. The first-order valence-electron chi connectivity index (χ1n) is 12.9. The van der Waals surface area contributed by atoms with Crippen molar-refractivity contribution in [2.75, 3.05) is 5.32 Å². The van der Waals surface area contributed by atoms with Gasteiger partial charge in [-0.15, -0.1) is 0 Å². The molecule has 2 bridgehead atoms. The summed E-state index contributed by atoms with van der Waals surface area (Å²) in [4.78, 5) is 43.1. The van der Waals surface area contributed by atoms with Crippen LogP contribution in [0.25, 0.3) is 0 Å². The van der Waals surface area contributed by atoms with E-state index < -0.39 is 29.1 Å². The largest absolute Gasteiger partial charge is 0.356 e. The monoisotopic (exact) mass is 533 g/mol. The van der Waals surface area contributed by atoms with Gasteiger partial charge in [0.1, 0.15) is 11.6 Å². The molecule has 1 spiro atoms. The number of likely N-dealkylation sites (tertiary alicyclic amines) is 1. The Bertz CT molecular complexity index is 1120. The van der Waals surface area contributed by atoms with Crippen LogP contribution in [0.5, 0.6) is 0 Å². The van der Waals surface area contributed by atoms with Crippen molar-refractivity contribution < 1.29 is 19.1 Å². The molecule has 36 heavy (non-hydrogen) atoms. The summed E-state index contributed by atoms with van der Waals surface area (Å²) in [6, 6.07) is 3.94. The van der Waals surface area contributed by atoms with Gasteiger partial charge in [0, 0.05) is 17.8 Å². The highest BCUT2D eigenvalue weighted by molar-refractivity contribution is 6.42. The first-order chi connectivity index (χ1) is 17.1. The molecular formula is C27H33Cl2N3O4. The molecule has 194 valence electrons. The molecule has 3 aliphatic heterocycles. The minimum Gasteiger partial charge on any atom is -0.356 e. The van der Waals surface area contributed by atoms with Crippen molar-refractivity contribution >= 4 is 46.6 Å². The first-order valence-corrected chi connectivity index (χ1v) is 13.7. The maximum atomic E-state index is 14.0. The average Bonchev–Trinajstić information content (AvgIpc) is 3.42. The third-order valence-corrected chi connectivity index (χ3v) is 9.21. The van der Waals surface area contributed by atoms with Crippen LogP contribution in [0.4, 0.5) is 5.69 Å². The molecule has 4 aliphatic rings. The van der Waals surface area contributed by atoms with Crippen LogP contribution in [0.15, 0.2) is 30.4 Å². The Morgan fingerprint density at radius 1 is 1.14 bits per heavy atom. The van der Waals surface area contributed by atoms with Crippen LogP contribution < -0.4 is 10.6 Å². The van der Waals surface area contributed by atoms with Crippen molar-refractivity contribution in [2.45, 2.75) is 88.6 Å². The van der Waals surface area contributed by atoms with Gasteiger partial charge in [-0.2, -0.15) is 0 Å². The highest BCUT2D eigenvalue weighted by Gasteiger charge is 2.76. The minimum atomic E-state index is -1.19. The molecule has 6 atom stereocenters. The lowest BCUT2D eigenvalue weighted by molar-refractivity contribution is -0.146. The fraction of sp³-hybridized carbons (Fsp3) is 0.593. The van der Waals surface area contributed by atoms with E-state index in [1.54, 1.807) is 23.1 Å². The number of anilines is 1. The molecule has 7 nitrogen and oxygen atoms in total. The average molecular weight is 534 g/mol. The number of halogens is 2. The number of rotatable bonds is 6. The Kier molecular flexibility index (Phi) is 6.63. The Hall–Kier alpha value is -2.09. The zero-order valence-electron chi connectivity index (χ0n) is 20.9. The quantitative estimate of drug-likeness (QED) is 0.518. The molecule has 5 rings (SSSR count). The van der Waals surface area contributed by atoms with Gasteiger partial charge in [-0.05, 0) is 51.3 Å². The number of amides is 3. The fourth-order valence-corrected chi connectivity index (χ4v) is 6.86. The van der Waals surface area contributed by atoms with Gasteiger partial charge in [-0.25, -0.2) is 0 Å². The second-order valence-corrected chi connectivity index (χ2v) is 11.6. The molecule has 0 aromatic heterocycles. The number of carbonyl (C=O) groups excluding carboxylic acids is 3. The predicted octanol–water partition coefficient (Wildman–Crippen LogP) is 4.72. The summed E-state index contributed by atoms with van der Waals surface area (Å²) >= 11 is 12.2. The standard InChI is InChI=1S/C27H33Cl2N3O4/c1-4-15(2)32-22(24(34)30-16-8-6-5-7-9-16)27-13-12-26(3,36-27)20(21(27)25(32)35)23(33)31-17-10-11-18(28)19(29)14-17/h10-16,20-22H,4-9H2,1-3H3,(H,30,34)(H,31,33). The van der Waals surface area contributed by atoms with Crippen LogP contribution in [0, 0.1) is 11.8 Å². The number of carbonyl (C=O) groups is 3. The van der Waals surface area contributed by atoms with Crippen molar-refractivity contribution in [3.05, 3.63) is 40.4 Å². The molecule has 2 N–H and O–H groups in total. The SMILES string of the molecule is CCC(C)N1C(=O)C2C(C(=O)Nc3ccc(Cl)c(Cl)c3)C3(C)C=CC2(O3)C1C(=O)NC1CCCCC1. The second kappa shape index (κ2) is 9.34. The van der Waals surface area contributed by atoms with E-state index >= 15 is 0 Å². The second-order valence-electron chi connectivity index (χ2n) is 10.8. The maximum absolute atomic E-state index is 14.0. The lowest BCUT2D eigenvalue weighted by Crippen LogP contribution is -2.58. The topological polar surface area (TPSA) is 87.7 Å². The number of ether oxygens (including phenoxy) is 1. The number of hydrogen-bond donors (Lipinski definition) is 2. The lowest BCUT2D eigenvalue weighted by Gasteiger charge is -2.37. The number of nitrogens with zero attached hydrogens (tertiary/aromatic N) is 1. The number of hydrogen-bond acceptors (Lipinski definition) is 4. The molecule has 6 unspecified atom stereocenters. The molecular weight excluding hydrogens is 501 g/mol. The van der Waals surface area contributed by atoms with Gasteiger partial charge in [0.05, 0.1) is 27.5 Å². The summed E-state index contributed by atoms with van der Waals surface area (Å²) in [6.07, 6.45) is 9.61. The van der Waals surface area contributed by atoms with Gasteiger partial charge in [0.25, 0.3) is 0 Å². The first kappa shape index (κ1) is 25.6. The van der Waals surface area contributed by atoms with Crippen LogP contribution in [0.1, 0.15) is 59.3 Å². The van der Waals surface area contributed by atoms with Crippen LogP contribution in [0.2, 0.25) is 10.0 Å². The number of nitrogens with one attached hydrogen (secondary N) is 2. The fourth-order valence-electron chi connectivity index (χ4n) is 6.56. The molecule has 3 fully saturated rings. The van der Waals surface area contributed by atoms with E-state index in [4.69, 9.17) is 27.9 Å². The summed E-state index contributed by atoms with van der Waals surface area (Å²) in [5, 5.41) is 6.81. The highest BCUT2D eigenvalue weighted by Crippen LogP contribution is 2.60. The van der Waals surface area contributed by atoms with E-state index in [9.17, 15) is 14.4 Å². The van der Waals surface area contributed by atoms with Crippen molar-refractivity contribution in [3.63, 3.8) is 0 Å². The van der Waals surface area contributed by atoms with Crippen molar-refractivity contribution in [1.29, 1.82) is 0 Å². The summed E-state index contributed by atoms with van der Waals surface area (Å²) in [6.45, 7) is 5.75. The predicted molar refractivity (Wildman–Crippen MR) is 139 cm³/mol. The molecule has 1 saturated carbocycles. The molecule has 9 heteroatoms. The van der Waals surface area contributed by atoms with Crippen LogP contribution in [0.3, 0.4) is 0 Å². The molecule has 3 heterocycles.